The van der Waals surface area contributed by atoms with Gasteiger partial charge in [0, 0.05) is 0 Å². The lowest BCUT2D eigenvalue weighted by Crippen LogP contribution is -2.07. The molecule has 3 heteroatoms. The normalized spacial score (nSPS) is 10.6. The Kier molecular flexibility index (Phi) is 5.88. The molecule has 15 heavy (non-hydrogen) atoms. The van der Waals surface area contributed by atoms with Crippen LogP contribution in [0.1, 0.15) is 24.8 Å². The first-order chi connectivity index (χ1) is 7.24. The Morgan fingerprint density at radius 3 is 2.73 bits per heavy atom. The van der Waals surface area contributed by atoms with Crippen molar-refractivity contribution in [2.24, 2.45) is 0 Å². The summed E-state index contributed by atoms with van der Waals surface area (Å²) in [4.78, 5) is 0. The van der Waals surface area contributed by atoms with Crippen molar-refractivity contribution in [3.8, 4) is 0 Å². The zero-order valence-corrected chi connectivity index (χ0v) is 10.6. The summed E-state index contributed by atoms with van der Waals surface area (Å²) < 4.78 is 13.5. The highest BCUT2D eigenvalue weighted by Gasteiger charge is 2.00. The van der Waals surface area contributed by atoms with Gasteiger partial charge < -0.3 is 5.32 Å². The topological polar surface area (TPSA) is 12.0 Å². The van der Waals surface area contributed by atoms with Gasteiger partial charge in [0.15, 0.2) is 0 Å². The van der Waals surface area contributed by atoms with Gasteiger partial charge in [0.25, 0.3) is 0 Å². The van der Waals surface area contributed by atoms with Crippen LogP contribution in [-0.2, 0) is 6.42 Å². The molecule has 0 atom stereocenters. The maximum Gasteiger partial charge on any atom is 0.137 e. The number of rotatable bonds is 6. The molecule has 0 radical (unpaired) electrons. The summed E-state index contributed by atoms with van der Waals surface area (Å²) in [5.74, 6) is -0.186. The van der Waals surface area contributed by atoms with E-state index in [0.717, 1.165) is 13.0 Å². The van der Waals surface area contributed by atoms with Crippen molar-refractivity contribution >= 4 is 15.9 Å². The number of hydrogen-bond donors (Lipinski definition) is 1. The molecular formula is C12H17BrFN. The maximum atomic E-state index is 12.9. The summed E-state index contributed by atoms with van der Waals surface area (Å²) in [7, 11) is 1.97. The van der Waals surface area contributed by atoms with Gasteiger partial charge in [-0.15, -0.1) is 0 Å². The molecule has 0 fully saturated rings. The van der Waals surface area contributed by atoms with E-state index in [-0.39, 0.29) is 5.82 Å². The second-order valence-electron chi connectivity index (χ2n) is 3.66. The van der Waals surface area contributed by atoms with Crippen LogP contribution in [0.15, 0.2) is 22.7 Å². The monoisotopic (exact) mass is 273 g/mol. The van der Waals surface area contributed by atoms with E-state index < -0.39 is 0 Å². The number of aryl methyl sites for hydroxylation is 1. The maximum absolute atomic E-state index is 12.9. The summed E-state index contributed by atoms with van der Waals surface area (Å²) in [6.07, 6.45) is 4.62. The Hall–Kier alpha value is -0.410. The fourth-order valence-electron chi connectivity index (χ4n) is 1.50. The second-order valence-corrected chi connectivity index (χ2v) is 4.52. The molecule has 0 bridgehead atoms. The van der Waals surface area contributed by atoms with Crippen molar-refractivity contribution in [2.75, 3.05) is 13.6 Å². The smallest absolute Gasteiger partial charge is 0.137 e. The minimum Gasteiger partial charge on any atom is -0.320 e. The van der Waals surface area contributed by atoms with Gasteiger partial charge in [-0.2, -0.15) is 0 Å². The van der Waals surface area contributed by atoms with Gasteiger partial charge in [-0.3, -0.25) is 0 Å². The number of benzene rings is 1. The van der Waals surface area contributed by atoms with Crippen molar-refractivity contribution in [1.82, 2.24) is 5.32 Å². The van der Waals surface area contributed by atoms with E-state index in [0.29, 0.717) is 4.47 Å². The lowest BCUT2D eigenvalue weighted by atomic mass is 10.1. The molecule has 1 N–H and O–H groups in total. The van der Waals surface area contributed by atoms with E-state index in [1.165, 1.54) is 30.9 Å². The summed E-state index contributed by atoms with van der Waals surface area (Å²) in [6, 6.07) is 5.25. The third-order valence-corrected chi connectivity index (χ3v) is 2.98. The first-order valence-corrected chi connectivity index (χ1v) is 6.12. The molecule has 0 unspecified atom stereocenters. The Morgan fingerprint density at radius 1 is 1.27 bits per heavy atom. The van der Waals surface area contributed by atoms with E-state index in [1.807, 2.05) is 19.2 Å². The van der Waals surface area contributed by atoms with Crippen LogP contribution in [0.3, 0.4) is 0 Å². The highest BCUT2D eigenvalue weighted by Crippen LogP contribution is 2.18. The standard InChI is InChI=1S/C12H17BrFN/c1-15-8-4-2-3-5-10-6-7-12(14)11(13)9-10/h6-7,9,15H,2-5,8H2,1H3. The van der Waals surface area contributed by atoms with Gasteiger partial charge in [0.05, 0.1) is 4.47 Å². The Labute approximate surface area is 99.2 Å². The Balaban J connectivity index is 2.28. The van der Waals surface area contributed by atoms with Crippen molar-refractivity contribution in [3.63, 3.8) is 0 Å². The van der Waals surface area contributed by atoms with Crippen molar-refractivity contribution < 1.29 is 4.39 Å². The van der Waals surface area contributed by atoms with Gasteiger partial charge >= 0.3 is 0 Å². The molecule has 0 aromatic heterocycles. The largest absolute Gasteiger partial charge is 0.320 e. The van der Waals surface area contributed by atoms with Gasteiger partial charge in [-0.05, 0) is 66.5 Å². The average Bonchev–Trinajstić information content (AvgIpc) is 2.23. The quantitative estimate of drug-likeness (QED) is 0.783. The summed E-state index contributed by atoms with van der Waals surface area (Å²) in [5.41, 5.74) is 1.20. The van der Waals surface area contributed by atoms with Gasteiger partial charge in [-0.25, -0.2) is 4.39 Å². The van der Waals surface area contributed by atoms with Crippen LogP contribution >= 0.6 is 15.9 Å². The fraction of sp³-hybridized carbons (Fsp3) is 0.500. The van der Waals surface area contributed by atoms with E-state index in [1.54, 1.807) is 0 Å². The van der Waals surface area contributed by atoms with Gasteiger partial charge in [-0.1, -0.05) is 12.5 Å². The van der Waals surface area contributed by atoms with Crippen LogP contribution in [0.25, 0.3) is 0 Å². The van der Waals surface area contributed by atoms with Gasteiger partial charge in [0.1, 0.15) is 5.82 Å². The van der Waals surface area contributed by atoms with Gasteiger partial charge in [0.2, 0.25) is 0 Å². The first kappa shape index (κ1) is 12.7. The molecule has 0 amide bonds. The molecule has 84 valence electrons. The molecule has 1 aromatic carbocycles. The average molecular weight is 274 g/mol. The third kappa shape index (κ3) is 4.76. The molecule has 0 spiro atoms. The number of halogens is 2. The molecule has 0 saturated heterocycles. The lowest BCUT2D eigenvalue weighted by Gasteiger charge is -2.03. The highest BCUT2D eigenvalue weighted by atomic mass is 79.9. The first-order valence-electron chi connectivity index (χ1n) is 5.32. The van der Waals surface area contributed by atoms with Crippen molar-refractivity contribution in [2.45, 2.75) is 25.7 Å². The third-order valence-electron chi connectivity index (χ3n) is 2.38. The van der Waals surface area contributed by atoms with Crippen LogP contribution < -0.4 is 5.32 Å². The molecule has 0 aliphatic carbocycles. The minimum atomic E-state index is -0.186. The molecular weight excluding hydrogens is 257 g/mol. The van der Waals surface area contributed by atoms with Crippen molar-refractivity contribution in [1.29, 1.82) is 0 Å². The van der Waals surface area contributed by atoms with E-state index in [4.69, 9.17) is 0 Å². The predicted molar refractivity (Wildman–Crippen MR) is 65.6 cm³/mol. The zero-order chi connectivity index (χ0) is 11.1. The van der Waals surface area contributed by atoms with Crippen LogP contribution in [0.2, 0.25) is 0 Å². The van der Waals surface area contributed by atoms with E-state index in [2.05, 4.69) is 21.2 Å². The highest BCUT2D eigenvalue weighted by molar-refractivity contribution is 9.10. The van der Waals surface area contributed by atoms with E-state index in [9.17, 15) is 4.39 Å². The lowest BCUT2D eigenvalue weighted by molar-refractivity contribution is 0.617. The fourth-order valence-corrected chi connectivity index (χ4v) is 1.93. The van der Waals surface area contributed by atoms with Crippen LogP contribution in [-0.4, -0.2) is 13.6 Å². The molecule has 0 aliphatic heterocycles. The SMILES string of the molecule is CNCCCCCc1ccc(F)c(Br)c1. The number of nitrogens with one attached hydrogen (secondary N) is 1. The Morgan fingerprint density at radius 2 is 2.07 bits per heavy atom. The Bertz CT molecular complexity index is 302. The summed E-state index contributed by atoms with van der Waals surface area (Å²) in [6.45, 7) is 1.08. The summed E-state index contributed by atoms with van der Waals surface area (Å²) >= 11 is 3.19. The molecule has 1 aromatic rings. The number of unbranched alkanes of at least 4 members (excludes halogenated alkanes) is 2. The van der Waals surface area contributed by atoms with Crippen LogP contribution in [0.4, 0.5) is 4.39 Å². The molecule has 1 nitrogen and oxygen atoms in total. The zero-order valence-electron chi connectivity index (χ0n) is 9.02. The van der Waals surface area contributed by atoms with Crippen molar-refractivity contribution in [3.05, 3.63) is 34.1 Å². The number of hydrogen-bond acceptors (Lipinski definition) is 1. The molecule has 0 heterocycles. The van der Waals surface area contributed by atoms with Crippen LogP contribution in [0.5, 0.6) is 0 Å². The summed E-state index contributed by atoms with van der Waals surface area (Å²) in [5, 5.41) is 3.13. The van der Waals surface area contributed by atoms with E-state index >= 15 is 0 Å². The second kappa shape index (κ2) is 6.96. The molecule has 1 rings (SSSR count). The molecule has 0 aliphatic rings. The molecule has 0 saturated carbocycles. The minimum absolute atomic E-state index is 0.186. The van der Waals surface area contributed by atoms with Crippen LogP contribution in [0, 0.1) is 5.82 Å². The predicted octanol–water partition coefficient (Wildman–Crippen LogP) is 3.52.